The molecule has 0 unspecified atom stereocenters. The lowest BCUT2D eigenvalue weighted by molar-refractivity contribution is 0.281. The molecule has 1 aromatic heterocycles. The predicted molar refractivity (Wildman–Crippen MR) is 98.1 cm³/mol. The van der Waals surface area contributed by atoms with E-state index in [0.29, 0.717) is 23.8 Å². The first kappa shape index (κ1) is 15.1. The normalized spacial score (nSPS) is 25.1. The fraction of sp³-hybridized carbons (Fsp3) is 0.500. The molecule has 25 heavy (non-hydrogen) atoms. The molecule has 1 saturated heterocycles. The van der Waals surface area contributed by atoms with Gasteiger partial charge in [0.05, 0.1) is 18.3 Å². The molecule has 2 bridgehead atoms. The Morgan fingerprint density at radius 1 is 1.20 bits per heavy atom. The van der Waals surface area contributed by atoms with E-state index in [2.05, 4.69) is 40.5 Å². The SMILES string of the molecule is C[C@@H](CO)Nc1nc(C2CC2)cc(N2C[C@H]3C[C@H]2c2ccccc23)n1. The van der Waals surface area contributed by atoms with Crippen LogP contribution in [0.4, 0.5) is 11.8 Å². The number of anilines is 2. The Kier molecular flexibility index (Phi) is 3.45. The molecule has 5 nitrogen and oxygen atoms in total. The van der Waals surface area contributed by atoms with Crippen LogP contribution >= 0.6 is 0 Å². The van der Waals surface area contributed by atoms with Crippen molar-refractivity contribution in [3.63, 3.8) is 0 Å². The lowest BCUT2D eigenvalue weighted by Crippen LogP contribution is -2.29. The maximum atomic E-state index is 9.33. The summed E-state index contributed by atoms with van der Waals surface area (Å²) in [7, 11) is 0. The van der Waals surface area contributed by atoms with Gasteiger partial charge in [-0.2, -0.15) is 4.98 Å². The number of hydrogen-bond acceptors (Lipinski definition) is 5. The van der Waals surface area contributed by atoms with Gasteiger partial charge in [-0.25, -0.2) is 4.98 Å². The van der Waals surface area contributed by atoms with Crippen LogP contribution in [0.15, 0.2) is 30.3 Å². The molecule has 1 aliphatic heterocycles. The molecule has 3 aliphatic rings. The smallest absolute Gasteiger partial charge is 0.225 e. The molecule has 3 atom stereocenters. The molecule has 0 radical (unpaired) electrons. The van der Waals surface area contributed by atoms with Gasteiger partial charge in [-0.1, -0.05) is 24.3 Å². The van der Waals surface area contributed by atoms with E-state index in [4.69, 9.17) is 9.97 Å². The highest BCUT2D eigenvalue weighted by Crippen LogP contribution is 2.51. The van der Waals surface area contributed by atoms with Gasteiger partial charge in [-0.15, -0.1) is 0 Å². The molecule has 0 spiro atoms. The molecule has 2 aromatic rings. The third kappa shape index (κ3) is 2.58. The van der Waals surface area contributed by atoms with Crippen LogP contribution in [0.2, 0.25) is 0 Å². The Morgan fingerprint density at radius 2 is 2.00 bits per heavy atom. The number of aliphatic hydroxyl groups is 1. The number of aromatic nitrogens is 2. The third-order valence-electron chi connectivity index (χ3n) is 5.77. The van der Waals surface area contributed by atoms with Gasteiger partial charge in [-0.05, 0) is 37.3 Å². The number of hydrogen-bond donors (Lipinski definition) is 2. The van der Waals surface area contributed by atoms with E-state index in [9.17, 15) is 5.11 Å². The molecule has 130 valence electrons. The first-order valence-corrected chi connectivity index (χ1v) is 9.34. The fourth-order valence-electron chi connectivity index (χ4n) is 4.31. The summed E-state index contributed by atoms with van der Waals surface area (Å²) in [5.41, 5.74) is 4.13. The summed E-state index contributed by atoms with van der Waals surface area (Å²) >= 11 is 0. The van der Waals surface area contributed by atoms with Gasteiger partial charge in [0.1, 0.15) is 5.82 Å². The van der Waals surface area contributed by atoms with Crippen LogP contribution in [0.25, 0.3) is 0 Å². The van der Waals surface area contributed by atoms with Gasteiger partial charge in [0.25, 0.3) is 0 Å². The lowest BCUT2D eigenvalue weighted by Gasteiger charge is -2.30. The van der Waals surface area contributed by atoms with Crippen molar-refractivity contribution < 1.29 is 5.11 Å². The van der Waals surface area contributed by atoms with E-state index in [-0.39, 0.29) is 12.6 Å². The molecule has 2 heterocycles. The second-order valence-corrected chi connectivity index (χ2v) is 7.71. The van der Waals surface area contributed by atoms with Crippen molar-refractivity contribution >= 4 is 11.8 Å². The van der Waals surface area contributed by atoms with E-state index >= 15 is 0 Å². The summed E-state index contributed by atoms with van der Waals surface area (Å²) in [4.78, 5) is 12.0. The van der Waals surface area contributed by atoms with Crippen molar-refractivity contribution in [2.24, 2.45) is 0 Å². The zero-order valence-electron chi connectivity index (χ0n) is 14.5. The van der Waals surface area contributed by atoms with Gasteiger partial charge in [0.15, 0.2) is 0 Å². The van der Waals surface area contributed by atoms with Crippen LogP contribution in [-0.2, 0) is 0 Å². The van der Waals surface area contributed by atoms with Crippen molar-refractivity contribution in [1.29, 1.82) is 0 Å². The molecule has 2 fully saturated rings. The highest BCUT2D eigenvalue weighted by Gasteiger charge is 2.43. The number of nitrogens with zero attached hydrogens (tertiary/aromatic N) is 3. The fourth-order valence-corrected chi connectivity index (χ4v) is 4.31. The molecule has 5 rings (SSSR count). The van der Waals surface area contributed by atoms with Crippen LogP contribution in [0.3, 0.4) is 0 Å². The minimum atomic E-state index is -0.0435. The Balaban J connectivity index is 1.50. The lowest BCUT2D eigenvalue weighted by atomic mass is 9.99. The molecule has 0 amide bonds. The average molecular weight is 336 g/mol. The van der Waals surface area contributed by atoms with Gasteiger partial charge >= 0.3 is 0 Å². The maximum absolute atomic E-state index is 9.33. The summed E-state index contributed by atoms with van der Waals surface area (Å²) in [6, 6.07) is 11.4. The van der Waals surface area contributed by atoms with E-state index in [1.165, 1.54) is 30.4 Å². The molecule has 2 N–H and O–H groups in total. The average Bonchev–Trinajstić information content (AvgIpc) is 3.32. The van der Waals surface area contributed by atoms with Crippen molar-refractivity contribution in [3.05, 3.63) is 47.2 Å². The van der Waals surface area contributed by atoms with Gasteiger partial charge < -0.3 is 15.3 Å². The number of nitrogens with one attached hydrogen (secondary N) is 1. The minimum absolute atomic E-state index is 0.0435. The molecule has 1 saturated carbocycles. The summed E-state index contributed by atoms with van der Waals surface area (Å²) in [6.45, 7) is 3.06. The van der Waals surface area contributed by atoms with Crippen molar-refractivity contribution in [2.75, 3.05) is 23.4 Å². The third-order valence-corrected chi connectivity index (χ3v) is 5.77. The molecule has 2 aliphatic carbocycles. The van der Waals surface area contributed by atoms with Crippen LogP contribution in [0, 0.1) is 0 Å². The summed E-state index contributed by atoms with van der Waals surface area (Å²) < 4.78 is 0. The second kappa shape index (κ2) is 5.70. The van der Waals surface area contributed by atoms with Gasteiger partial charge in [0.2, 0.25) is 5.95 Å². The van der Waals surface area contributed by atoms with Crippen LogP contribution in [0.1, 0.15) is 60.9 Å². The van der Waals surface area contributed by atoms with E-state index < -0.39 is 0 Å². The zero-order valence-corrected chi connectivity index (χ0v) is 14.5. The Bertz CT molecular complexity index is 804. The zero-order chi connectivity index (χ0) is 17.0. The second-order valence-electron chi connectivity index (χ2n) is 7.71. The molecular weight excluding hydrogens is 312 g/mol. The van der Waals surface area contributed by atoms with E-state index in [1.807, 2.05) is 6.92 Å². The van der Waals surface area contributed by atoms with Gasteiger partial charge in [-0.3, -0.25) is 0 Å². The minimum Gasteiger partial charge on any atom is -0.394 e. The van der Waals surface area contributed by atoms with Crippen LogP contribution in [-0.4, -0.2) is 34.3 Å². The molecular formula is C20H24N4O. The van der Waals surface area contributed by atoms with Crippen molar-refractivity contribution in [2.45, 2.75) is 50.1 Å². The highest BCUT2D eigenvalue weighted by molar-refractivity contribution is 5.55. The molecule has 5 heteroatoms. The van der Waals surface area contributed by atoms with E-state index in [0.717, 1.165) is 18.1 Å². The largest absolute Gasteiger partial charge is 0.394 e. The summed E-state index contributed by atoms with van der Waals surface area (Å²) in [5, 5.41) is 12.6. The van der Waals surface area contributed by atoms with Crippen molar-refractivity contribution in [1.82, 2.24) is 9.97 Å². The molecule has 1 aromatic carbocycles. The van der Waals surface area contributed by atoms with Crippen LogP contribution in [0.5, 0.6) is 0 Å². The number of fused-ring (bicyclic) bond motifs is 5. The Hall–Kier alpha value is -2.14. The number of aliphatic hydroxyl groups excluding tert-OH is 1. The van der Waals surface area contributed by atoms with Gasteiger partial charge in [0, 0.05) is 30.5 Å². The van der Waals surface area contributed by atoms with Crippen LogP contribution < -0.4 is 10.2 Å². The summed E-state index contributed by atoms with van der Waals surface area (Å²) in [5.74, 6) is 2.88. The standard InChI is InChI=1S/C20H24N4O/c1-12(11-25)21-20-22-17(13-6-7-13)9-19(23-20)24-10-14-8-18(24)16-5-3-2-4-15(14)16/h2-5,9,12-14,18,25H,6-8,10-11H2,1H3,(H,21,22,23)/t12-,14+,18-/m0/s1. The highest BCUT2D eigenvalue weighted by atomic mass is 16.3. The maximum Gasteiger partial charge on any atom is 0.225 e. The Labute approximate surface area is 148 Å². The quantitative estimate of drug-likeness (QED) is 0.878. The summed E-state index contributed by atoms with van der Waals surface area (Å²) in [6.07, 6.45) is 3.64. The van der Waals surface area contributed by atoms with Crippen molar-refractivity contribution in [3.8, 4) is 0 Å². The number of benzene rings is 1. The topological polar surface area (TPSA) is 61.3 Å². The van der Waals surface area contributed by atoms with E-state index in [1.54, 1.807) is 0 Å². The Morgan fingerprint density at radius 3 is 2.76 bits per heavy atom. The first-order valence-electron chi connectivity index (χ1n) is 9.34. The first-order chi connectivity index (χ1) is 12.2. The number of rotatable bonds is 5. The monoisotopic (exact) mass is 336 g/mol. The predicted octanol–water partition coefficient (Wildman–Crippen LogP) is 3.20.